The summed E-state index contributed by atoms with van der Waals surface area (Å²) in [5, 5.41) is 11.0. The van der Waals surface area contributed by atoms with Crippen molar-refractivity contribution in [3.8, 4) is 0 Å². The summed E-state index contributed by atoms with van der Waals surface area (Å²) in [5.41, 5.74) is 2.42. The van der Waals surface area contributed by atoms with Crippen molar-refractivity contribution in [1.29, 1.82) is 0 Å². The first-order chi connectivity index (χ1) is 10.1. The third-order valence-corrected chi connectivity index (χ3v) is 4.02. The van der Waals surface area contributed by atoms with Crippen molar-refractivity contribution in [2.24, 2.45) is 11.8 Å². The maximum absolute atomic E-state index is 11.0. The molecule has 1 unspecified atom stereocenters. The quantitative estimate of drug-likeness (QED) is 0.492. The number of nitrogens with zero attached hydrogens (tertiary/aromatic N) is 3. The topological polar surface area (TPSA) is 97.3 Å². The number of nitro groups is 1. The lowest BCUT2D eigenvalue weighted by Crippen LogP contribution is -2.26. The fourth-order valence-electron chi connectivity index (χ4n) is 2.93. The van der Waals surface area contributed by atoms with Crippen LogP contribution >= 0.6 is 0 Å². The zero-order valence-electron chi connectivity index (χ0n) is 12.4. The monoisotopic (exact) mass is 293 g/mol. The van der Waals surface area contributed by atoms with E-state index in [4.69, 9.17) is 5.84 Å². The first-order valence-electron chi connectivity index (χ1n) is 7.52. The molecule has 0 radical (unpaired) electrons. The summed E-state index contributed by atoms with van der Waals surface area (Å²) in [6.07, 6.45) is 5.90. The minimum Gasteiger partial charge on any atom is -0.356 e. The summed E-state index contributed by atoms with van der Waals surface area (Å²) in [7, 11) is 0. The molecule has 7 heteroatoms. The molecule has 0 bridgehead atoms. The Balaban J connectivity index is 2.16. The second-order valence-corrected chi connectivity index (χ2v) is 5.54. The lowest BCUT2D eigenvalue weighted by atomic mass is 9.96. The zero-order chi connectivity index (χ0) is 15.2. The SMILES string of the molecule is CCCC1CCCN(c2cc([N+](=O)[O-])cc(NN)n2)CC1. The van der Waals surface area contributed by atoms with E-state index in [0.29, 0.717) is 11.6 Å². The van der Waals surface area contributed by atoms with Crippen LogP contribution in [0.3, 0.4) is 0 Å². The van der Waals surface area contributed by atoms with Gasteiger partial charge >= 0.3 is 0 Å². The normalized spacial score (nSPS) is 19.1. The fourth-order valence-corrected chi connectivity index (χ4v) is 2.93. The molecule has 1 aromatic heterocycles. The van der Waals surface area contributed by atoms with Gasteiger partial charge in [-0.25, -0.2) is 10.8 Å². The van der Waals surface area contributed by atoms with Gasteiger partial charge in [-0.1, -0.05) is 19.8 Å². The van der Waals surface area contributed by atoms with Crippen LogP contribution in [0, 0.1) is 16.0 Å². The van der Waals surface area contributed by atoms with Crippen LogP contribution in [0.1, 0.15) is 39.0 Å². The van der Waals surface area contributed by atoms with E-state index in [2.05, 4.69) is 22.2 Å². The summed E-state index contributed by atoms with van der Waals surface area (Å²) in [6, 6.07) is 2.88. The van der Waals surface area contributed by atoms with Crippen LogP contribution in [0.5, 0.6) is 0 Å². The maximum atomic E-state index is 11.0. The Hall–Kier alpha value is -1.89. The highest BCUT2D eigenvalue weighted by atomic mass is 16.6. The van der Waals surface area contributed by atoms with E-state index in [1.165, 1.54) is 31.4 Å². The molecule has 0 aromatic carbocycles. The van der Waals surface area contributed by atoms with Crippen LogP contribution in [0.2, 0.25) is 0 Å². The van der Waals surface area contributed by atoms with Crippen molar-refractivity contribution in [1.82, 2.24) is 4.98 Å². The molecule has 1 fully saturated rings. The van der Waals surface area contributed by atoms with Gasteiger partial charge in [0.2, 0.25) is 0 Å². The van der Waals surface area contributed by atoms with Gasteiger partial charge in [-0.05, 0) is 25.2 Å². The van der Waals surface area contributed by atoms with Crippen LogP contribution in [0.4, 0.5) is 17.3 Å². The second-order valence-electron chi connectivity index (χ2n) is 5.54. The second kappa shape index (κ2) is 7.21. The van der Waals surface area contributed by atoms with Gasteiger partial charge in [-0.2, -0.15) is 0 Å². The molecule has 1 aliphatic rings. The predicted octanol–water partition coefficient (Wildman–Crippen LogP) is 2.68. The first kappa shape index (κ1) is 15.5. The van der Waals surface area contributed by atoms with Crippen molar-refractivity contribution in [3.63, 3.8) is 0 Å². The standard InChI is InChI=1S/C14H23N5O2/c1-2-4-11-5-3-7-18(8-6-11)14-10-12(19(20)21)9-13(16-14)17-15/h9-11H,2-8,15H2,1H3,(H,16,17). The first-order valence-corrected chi connectivity index (χ1v) is 7.52. The van der Waals surface area contributed by atoms with Gasteiger partial charge in [-0.3, -0.25) is 10.1 Å². The number of hydrazine groups is 1. The van der Waals surface area contributed by atoms with Crippen molar-refractivity contribution >= 4 is 17.3 Å². The largest absolute Gasteiger partial charge is 0.356 e. The smallest absolute Gasteiger partial charge is 0.276 e. The lowest BCUT2D eigenvalue weighted by molar-refractivity contribution is -0.384. The van der Waals surface area contributed by atoms with Crippen molar-refractivity contribution < 1.29 is 4.92 Å². The molecule has 0 saturated carbocycles. The summed E-state index contributed by atoms with van der Waals surface area (Å²) in [6.45, 7) is 3.99. The molecular weight excluding hydrogens is 270 g/mol. The molecule has 2 heterocycles. The van der Waals surface area contributed by atoms with Crippen LogP contribution in [-0.2, 0) is 0 Å². The molecule has 116 valence electrons. The number of aromatic nitrogens is 1. The molecule has 1 atom stereocenters. The predicted molar refractivity (Wildman–Crippen MR) is 83.2 cm³/mol. The van der Waals surface area contributed by atoms with Crippen LogP contribution in [0.15, 0.2) is 12.1 Å². The fraction of sp³-hybridized carbons (Fsp3) is 0.643. The minimum atomic E-state index is -0.413. The Kier molecular flexibility index (Phi) is 5.32. The molecule has 1 aliphatic heterocycles. The molecular formula is C14H23N5O2. The van der Waals surface area contributed by atoms with Crippen molar-refractivity contribution in [2.75, 3.05) is 23.4 Å². The van der Waals surface area contributed by atoms with Gasteiger partial charge in [0.15, 0.2) is 0 Å². The number of anilines is 2. The molecule has 1 aromatic rings. The van der Waals surface area contributed by atoms with E-state index < -0.39 is 4.92 Å². The van der Waals surface area contributed by atoms with E-state index in [9.17, 15) is 10.1 Å². The Morgan fingerprint density at radius 1 is 1.48 bits per heavy atom. The number of pyridine rings is 1. The van der Waals surface area contributed by atoms with Gasteiger partial charge in [0.1, 0.15) is 11.6 Å². The van der Waals surface area contributed by atoms with E-state index in [1.54, 1.807) is 0 Å². The molecule has 7 nitrogen and oxygen atoms in total. The number of nitrogens with two attached hydrogens (primary N) is 1. The number of rotatable bonds is 5. The third kappa shape index (κ3) is 4.04. The van der Waals surface area contributed by atoms with Crippen molar-refractivity contribution in [2.45, 2.75) is 39.0 Å². The minimum absolute atomic E-state index is 0.0160. The van der Waals surface area contributed by atoms with Crippen molar-refractivity contribution in [3.05, 3.63) is 22.2 Å². The van der Waals surface area contributed by atoms with Gasteiger partial charge < -0.3 is 10.3 Å². The number of nitrogen functional groups attached to an aromatic ring is 1. The van der Waals surface area contributed by atoms with Gasteiger partial charge in [0.25, 0.3) is 5.69 Å². The Bertz CT molecular complexity index is 494. The lowest BCUT2D eigenvalue weighted by Gasteiger charge is -2.22. The summed E-state index contributed by atoms with van der Waals surface area (Å²) < 4.78 is 0. The van der Waals surface area contributed by atoms with E-state index in [-0.39, 0.29) is 5.69 Å². The van der Waals surface area contributed by atoms with Crippen LogP contribution in [0.25, 0.3) is 0 Å². The Morgan fingerprint density at radius 3 is 2.95 bits per heavy atom. The van der Waals surface area contributed by atoms with Crippen LogP contribution in [-0.4, -0.2) is 23.0 Å². The maximum Gasteiger partial charge on any atom is 0.276 e. The average Bonchev–Trinajstić information content (AvgIpc) is 2.73. The highest BCUT2D eigenvalue weighted by Crippen LogP contribution is 2.27. The highest BCUT2D eigenvalue weighted by molar-refractivity contribution is 5.55. The van der Waals surface area contributed by atoms with Crippen LogP contribution < -0.4 is 16.2 Å². The Labute approximate surface area is 124 Å². The van der Waals surface area contributed by atoms with E-state index >= 15 is 0 Å². The summed E-state index contributed by atoms with van der Waals surface area (Å²) in [5.74, 6) is 7.07. The number of hydrogen-bond donors (Lipinski definition) is 2. The van der Waals surface area contributed by atoms with Gasteiger partial charge in [-0.15, -0.1) is 0 Å². The molecule has 21 heavy (non-hydrogen) atoms. The van der Waals surface area contributed by atoms with Gasteiger partial charge in [0, 0.05) is 13.1 Å². The summed E-state index contributed by atoms with van der Waals surface area (Å²) in [4.78, 5) is 17.1. The number of hydrogen-bond acceptors (Lipinski definition) is 6. The van der Waals surface area contributed by atoms with E-state index in [1.807, 2.05) is 0 Å². The van der Waals surface area contributed by atoms with Gasteiger partial charge in [0.05, 0.1) is 17.1 Å². The average molecular weight is 293 g/mol. The third-order valence-electron chi connectivity index (χ3n) is 4.02. The molecule has 0 aliphatic carbocycles. The highest BCUT2D eigenvalue weighted by Gasteiger charge is 2.20. The molecule has 3 N–H and O–H groups in total. The molecule has 1 saturated heterocycles. The molecule has 2 rings (SSSR count). The molecule has 0 spiro atoms. The summed E-state index contributed by atoms with van der Waals surface area (Å²) >= 11 is 0. The Morgan fingerprint density at radius 2 is 2.29 bits per heavy atom. The molecule has 0 amide bonds. The van der Waals surface area contributed by atoms with E-state index in [0.717, 1.165) is 31.8 Å². The zero-order valence-corrected chi connectivity index (χ0v) is 12.4. The number of nitrogens with one attached hydrogen (secondary N) is 1.